The van der Waals surface area contributed by atoms with Crippen LogP contribution in [0.4, 0.5) is 0 Å². The highest BCUT2D eigenvalue weighted by atomic mass is 32.1. The number of carboxylic acid groups (broad SMARTS) is 1. The van der Waals surface area contributed by atoms with E-state index in [1.807, 2.05) is 12.3 Å². The Labute approximate surface area is 125 Å². The van der Waals surface area contributed by atoms with Crippen LogP contribution in [0.2, 0.25) is 0 Å². The van der Waals surface area contributed by atoms with Crippen molar-refractivity contribution >= 4 is 22.3 Å². The highest BCUT2D eigenvalue weighted by Gasteiger charge is 2.24. The molecule has 1 unspecified atom stereocenters. The molecule has 0 bridgehead atoms. The molecular formula is C14H17N3O3S. The third-order valence-electron chi connectivity index (χ3n) is 3.85. The van der Waals surface area contributed by atoms with Gasteiger partial charge in [-0.15, -0.1) is 11.3 Å². The monoisotopic (exact) mass is 307 g/mol. The second-order valence-electron chi connectivity index (χ2n) is 5.57. The average molecular weight is 307 g/mol. The molecule has 1 fully saturated rings. The summed E-state index contributed by atoms with van der Waals surface area (Å²) in [5.41, 5.74) is 1.62. The van der Waals surface area contributed by atoms with Gasteiger partial charge < -0.3 is 5.11 Å². The van der Waals surface area contributed by atoms with Crippen molar-refractivity contribution in [3.05, 3.63) is 33.2 Å². The fraction of sp³-hybridized carbons (Fsp3) is 0.500. The highest BCUT2D eigenvalue weighted by Crippen LogP contribution is 2.21. The van der Waals surface area contributed by atoms with Crippen molar-refractivity contribution in [2.24, 2.45) is 5.92 Å². The van der Waals surface area contributed by atoms with Gasteiger partial charge in [-0.05, 0) is 25.8 Å². The van der Waals surface area contributed by atoms with Crippen LogP contribution < -0.4 is 5.56 Å². The summed E-state index contributed by atoms with van der Waals surface area (Å²) in [6.45, 7) is 4.13. The summed E-state index contributed by atoms with van der Waals surface area (Å²) in [5.74, 6) is -0.537. The summed E-state index contributed by atoms with van der Waals surface area (Å²) < 4.78 is 1.62. The zero-order chi connectivity index (χ0) is 15.0. The predicted octanol–water partition coefficient (Wildman–Crippen LogP) is 1.36. The molecule has 1 atom stereocenters. The van der Waals surface area contributed by atoms with Crippen LogP contribution in [0, 0.1) is 12.8 Å². The molecule has 0 aliphatic carbocycles. The quantitative estimate of drug-likeness (QED) is 0.923. The average Bonchev–Trinajstić information content (AvgIpc) is 2.96. The number of aromatic nitrogens is 2. The summed E-state index contributed by atoms with van der Waals surface area (Å²) in [7, 11) is 0. The van der Waals surface area contributed by atoms with Crippen LogP contribution in [-0.4, -0.2) is 38.4 Å². The first-order valence-electron chi connectivity index (χ1n) is 6.94. The lowest BCUT2D eigenvalue weighted by atomic mass is 10.1. The Morgan fingerprint density at radius 2 is 2.38 bits per heavy atom. The summed E-state index contributed by atoms with van der Waals surface area (Å²) in [6.07, 6.45) is 1.11. The number of carboxylic acids is 1. The van der Waals surface area contributed by atoms with Gasteiger partial charge in [-0.25, -0.2) is 4.98 Å². The molecule has 1 saturated heterocycles. The highest BCUT2D eigenvalue weighted by molar-refractivity contribution is 7.15. The minimum Gasteiger partial charge on any atom is -0.481 e. The van der Waals surface area contributed by atoms with Crippen molar-refractivity contribution in [1.29, 1.82) is 0 Å². The van der Waals surface area contributed by atoms with Crippen LogP contribution >= 0.6 is 11.3 Å². The van der Waals surface area contributed by atoms with Crippen LogP contribution in [-0.2, 0) is 11.3 Å². The summed E-state index contributed by atoms with van der Waals surface area (Å²) in [4.78, 5) is 30.3. The SMILES string of the molecule is Cc1csc2nc(CN3CCC(CC(=O)O)C3)cc(=O)n12. The molecular weight excluding hydrogens is 290 g/mol. The second-order valence-corrected chi connectivity index (χ2v) is 6.41. The third kappa shape index (κ3) is 2.98. The summed E-state index contributed by atoms with van der Waals surface area (Å²) >= 11 is 1.46. The van der Waals surface area contributed by atoms with Crippen molar-refractivity contribution < 1.29 is 9.90 Å². The van der Waals surface area contributed by atoms with Gasteiger partial charge in [0.2, 0.25) is 0 Å². The van der Waals surface area contributed by atoms with Gasteiger partial charge in [0.25, 0.3) is 5.56 Å². The van der Waals surface area contributed by atoms with Gasteiger partial charge in [0.15, 0.2) is 4.96 Å². The van der Waals surface area contributed by atoms with Crippen LogP contribution in [0.25, 0.3) is 4.96 Å². The molecule has 3 rings (SSSR count). The maximum absolute atomic E-state index is 12.1. The topological polar surface area (TPSA) is 74.9 Å². The minimum absolute atomic E-state index is 0.0463. The van der Waals surface area contributed by atoms with E-state index < -0.39 is 5.97 Å². The third-order valence-corrected chi connectivity index (χ3v) is 4.79. The second kappa shape index (κ2) is 5.57. The van der Waals surface area contributed by atoms with Gasteiger partial charge in [-0.1, -0.05) is 0 Å². The predicted molar refractivity (Wildman–Crippen MR) is 79.7 cm³/mol. The number of carbonyl (C=O) groups is 1. The minimum atomic E-state index is -0.742. The van der Waals surface area contributed by atoms with E-state index in [4.69, 9.17) is 5.11 Å². The first-order chi connectivity index (χ1) is 10.0. The normalized spacial score (nSPS) is 19.4. The van der Waals surface area contributed by atoms with Crippen LogP contribution in [0.15, 0.2) is 16.2 Å². The molecule has 1 aliphatic heterocycles. The number of fused-ring (bicyclic) bond motifs is 1. The molecule has 2 aromatic rings. The zero-order valence-electron chi connectivity index (χ0n) is 11.8. The molecule has 112 valence electrons. The zero-order valence-corrected chi connectivity index (χ0v) is 12.6. The number of aryl methyl sites for hydroxylation is 1. The maximum Gasteiger partial charge on any atom is 0.303 e. The molecule has 0 spiro atoms. The molecule has 0 amide bonds. The molecule has 1 N–H and O–H groups in total. The van der Waals surface area contributed by atoms with Gasteiger partial charge in [0, 0.05) is 36.7 Å². The van der Waals surface area contributed by atoms with E-state index in [1.54, 1.807) is 10.5 Å². The van der Waals surface area contributed by atoms with Crippen LogP contribution in [0.5, 0.6) is 0 Å². The number of hydrogen-bond acceptors (Lipinski definition) is 5. The number of rotatable bonds is 4. The lowest BCUT2D eigenvalue weighted by molar-refractivity contribution is -0.138. The Bertz CT molecular complexity index is 737. The van der Waals surface area contributed by atoms with Crippen molar-refractivity contribution in [1.82, 2.24) is 14.3 Å². The van der Waals surface area contributed by atoms with Crippen LogP contribution in [0.1, 0.15) is 24.2 Å². The summed E-state index contributed by atoms with van der Waals surface area (Å²) in [5, 5.41) is 10.8. The number of thiazole rings is 1. The largest absolute Gasteiger partial charge is 0.481 e. The van der Waals surface area contributed by atoms with E-state index in [1.165, 1.54) is 11.3 Å². The lowest BCUT2D eigenvalue weighted by Gasteiger charge is -2.14. The van der Waals surface area contributed by atoms with E-state index in [-0.39, 0.29) is 17.9 Å². The molecule has 3 heterocycles. The molecule has 0 radical (unpaired) electrons. The van der Waals surface area contributed by atoms with Gasteiger partial charge in [0.1, 0.15) is 0 Å². The van der Waals surface area contributed by atoms with Gasteiger partial charge in [-0.2, -0.15) is 0 Å². The maximum atomic E-state index is 12.1. The van der Waals surface area contributed by atoms with Crippen molar-refractivity contribution in [3.63, 3.8) is 0 Å². The van der Waals surface area contributed by atoms with E-state index in [2.05, 4.69) is 9.88 Å². The van der Waals surface area contributed by atoms with Gasteiger partial charge >= 0.3 is 5.97 Å². The van der Waals surface area contributed by atoms with E-state index in [0.29, 0.717) is 6.54 Å². The Hall–Kier alpha value is -1.73. The summed E-state index contributed by atoms with van der Waals surface area (Å²) in [6, 6.07) is 1.58. The van der Waals surface area contributed by atoms with E-state index in [9.17, 15) is 9.59 Å². The van der Waals surface area contributed by atoms with E-state index >= 15 is 0 Å². The number of nitrogens with zero attached hydrogens (tertiary/aromatic N) is 3. The molecule has 0 aromatic carbocycles. The smallest absolute Gasteiger partial charge is 0.303 e. The van der Waals surface area contributed by atoms with E-state index in [0.717, 1.165) is 35.9 Å². The number of likely N-dealkylation sites (tertiary alicyclic amines) is 1. The fourth-order valence-electron chi connectivity index (χ4n) is 2.88. The van der Waals surface area contributed by atoms with Crippen molar-refractivity contribution in [2.75, 3.05) is 13.1 Å². The molecule has 6 nitrogen and oxygen atoms in total. The number of hydrogen-bond donors (Lipinski definition) is 1. The first-order valence-corrected chi connectivity index (χ1v) is 7.82. The Morgan fingerprint density at radius 3 is 3.14 bits per heavy atom. The number of aliphatic carboxylic acids is 1. The van der Waals surface area contributed by atoms with Crippen molar-refractivity contribution in [2.45, 2.75) is 26.3 Å². The molecule has 2 aromatic heterocycles. The Balaban J connectivity index is 1.74. The molecule has 21 heavy (non-hydrogen) atoms. The molecule has 1 aliphatic rings. The fourth-order valence-corrected chi connectivity index (χ4v) is 3.77. The molecule has 0 saturated carbocycles. The van der Waals surface area contributed by atoms with Crippen LogP contribution in [0.3, 0.4) is 0 Å². The lowest BCUT2D eigenvalue weighted by Crippen LogP contribution is -2.23. The Kier molecular flexibility index (Phi) is 3.77. The van der Waals surface area contributed by atoms with Gasteiger partial charge in [-0.3, -0.25) is 18.9 Å². The Morgan fingerprint density at radius 1 is 1.57 bits per heavy atom. The van der Waals surface area contributed by atoms with Gasteiger partial charge in [0.05, 0.1) is 5.69 Å². The van der Waals surface area contributed by atoms with Crippen molar-refractivity contribution in [3.8, 4) is 0 Å². The molecule has 7 heteroatoms. The standard InChI is InChI=1S/C14H17N3O3S/c1-9-8-21-14-15-11(5-12(18)17(9)14)7-16-3-2-10(6-16)4-13(19)20/h5,8,10H,2-4,6-7H2,1H3,(H,19,20). The first kappa shape index (κ1) is 14.2.